The zero-order chi connectivity index (χ0) is 19.1. The number of nitrogens with one attached hydrogen (secondary N) is 1. The standard InChI is InChI=1S/C19H18FN5O2/c1-11-9-25-16(10-24(11)12(2)26)17(15-4-3-5-22-18(15)25)19(27)23-14-6-13(20)7-21-8-14/h3-8,11H,9-10H2,1-2H3,(H,23,27). The number of carbonyl (C=O) groups excluding carboxylic acids is 2. The average molecular weight is 367 g/mol. The molecule has 3 aromatic heterocycles. The summed E-state index contributed by atoms with van der Waals surface area (Å²) in [6, 6.07) is 4.80. The van der Waals surface area contributed by atoms with Crippen molar-refractivity contribution in [3.05, 3.63) is 53.9 Å². The SMILES string of the molecule is CC(=O)N1Cc2c(C(=O)Nc3cncc(F)c3)c3cccnc3n2CC1C. The average Bonchev–Trinajstić information content (AvgIpc) is 2.94. The van der Waals surface area contributed by atoms with Gasteiger partial charge in [0, 0.05) is 37.2 Å². The van der Waals surface area contributed by atoms with Gasteiger partial charge >= 0.3 is 0 Å². The quantitative estimate of drug-likeness (QED) is 0.755. The van der Waals surface area contributed by atoms with Crippen LogP contribution >= 0.6 is 0 Å². The molecule has 1 N–H and O–H groups in total. The number of rotatable bonds is 2. The number of amides is 2. The molecule has 2 amide bonds. The van der Waals surface area contributed by atoms with E-state index in [1.54, 1.807) is 17.2 Å². The van der Waals surface area contributed by atoms with Crippen molar-refractivity contribution in [2.24, 2.45) is 0 Å². The third-order valence-corrected chi connectivity index (χ3v) is 4.82. The first kappa shape index (κ1) is 17.1. The molecule has 3 aromatic rings. The lowest BCUT2D eigenvalue weighted by molar-refractivity contribution is -0.132. The van der Waals surface area contributed by atoms with Crippen LogP contribution in [0, 0.1) is 5.82 Å². The van der Waals surface area contributed by atoms with Gasteiger partial charge in [0.2, 0.25) is 5.91 Å². The molecule has 138 valence electrons. The Labute approximate surface area is 154 Å². The highest BCUT2D eigenvalue weighted by molar-refractivity contribution is 6.13. The van der Waals surface area contributed by atoms with Gasteiger partial charge in [0.15, 0.2) is 0 Å². The number of nitrogens with zero attached hydrogens (tertiary/aromatic N) is 4. The third-order valence-electron chi connectivity index (χ3n) is 4.82. The fraction of sp³-hybridized carbons (Fsp3) is 0.263. The number of fused-ring (bicyclic) bond motifs is 3. The first-order valence-corrected chi connectivity index (χ1v) is 8.61. The first-order chi connectivity index (χ1) is 13.0. The smallest absolute Gasteiger partial charge is 0.258 e. The number of hydrogen-bond acceptors (Lipinski definition) is 4. The minimum absolute atomic E-state index is 0.00376. The Morgan fingerprint density at radius 3 is 2.89 bits per heavy atom. The summed E-state index contributed by atoms with van der Waals surface area (Å²) in [5.74, 6) is -0.963. The van der Waals surface area contributed by atoms with E-state index in [2.05, 4.69) is 15.3 Å². The van der Waals surface area contributed by atoms with Crippen LogP contribution in [0.2, 0.25) is 0 Å². The van der Waals surface area contributed by atoms with Crippen molar-refractivity contribution in [1.82, 2.24) is 19.4 Å². The minimum Gasteiger partial charge on any atom is -0.333 e. The highest BCUT2D eigenvalue weighted by Crippen LogP contribution is 2.31. The van der Waals surface area contributed by atoms with Crippen molar-refractivity contribution in [2.45, 2.75) is 33.0 Å². The van der Waals surface area contributed by atoms with Crippen molar-refractivity contribution >= 4 is 28.5 Å². The van der Waals surface area contributed by atoms with E-state index in [-0.39, 0.29) is 23.5 Å². The number of hydrogen-bond donors (Lipinski definition) is 1. The Morgan fingerprint density at radius 1 is 1.33 bits per heavy atom. The van der Waals surface area contributed by atoms with Gasteiger partial charge in [-0.05, 0) is 19.1 Å². The number of pyridine rings is 2. The first-order valence-electron chi connectivity index (χ1n) is 8.61. The molecule has 27 heavy (non-hydrogen) atoms. The lowest BCUT2D eigenvalue weighted by Gasteiger charge is -2.34. The van der Waals surface area contributed by atoms with Crippen molar-refractivity contribution in [2.75, 3.05) is 5.32 Å². The molecule has 0 bridgehead atoms. The molecule has 4 heterocycles. The molecule has 0 aromatic carbocycles. The monoisotopic (exact) mass is 367 g/mol. The molecule has 8 heteroatoms. The van der Waals surface area contributed by atoms with E-state index in [4.69, 9.17) is 0 Å². The maximum atomic E-state index is 13.4. The molecule has 0 saturated carbocycles. The van der Waals surface area contributed by atoms with Gasteiger partial charge in [-0.2, -0.15) is 0 Å². The molecule has 1 unspecified atom stereocenters. The summed E-state index contributed by atoms with van der Waals surface area (Å²) in [7, 11) is 0. The van der Waals surface area contributed by atoms with Crippen LogP contribution in [0.1, 0.15) is 29.9 Å². The molecule has 0 fully saturated rings. The maximum Gasteiger partial charge on any atom is 0.258 e. The van der Waals surface area contributed by atoms with Gasteiger partial charge in [-0.3, -0.25) is 14.6 Å². The predicted octanol–water partition coefficient (Wildman–Crippen LogP) is 2.57. The summed E-state index contributed by atoms with van der Waals surface area (Å²) in [4.78, 5) is 34.9. The van der Waals surface area contributed by atoms with Gasteiger partial charge in [-0.1, -0.05) is 0 Å². The molecule has 1 atom stereocenters. The second-order valence-electron chi connectivity index (χ2n) is 6.65. The molecule has 0 spiro atoms. The van der Waals surface area contributed by atoms with E-state index in [1.165, 1.54) is 19.2 Å². The van der Waals surface area contributed by atoms with E-state index in [9.17, 15) is 14.0 Å². The second-order valence-corrected chi connectivity index (χ2v) is 6.65. The molecule has 7 nitrogen and oxygen atoms in total. The van der Waals surface area contributed by atoms with Crippen molar-refractivity contribution in [3.63, 3.8) is 0 Å². The summed E-state index contributed by atoms with van der Waals surface area (Å²) in [5.41, 5.74) is 2.13. The number of carbonyl (C=O) groups is 2. The summed E-state index contributed by atoms with van der Waals surface area (Å²) in [5, 5.41) is 3.40. The molecule has 4 rings (SSSR count). The Kier molecular flexibility index (Phi) is 4.10. The van der Waals surface area contributed by atoms with E-state index in [1.807, 2.05) is 17.6 Å². The van der Waals surface area contributed by atoms with Gasteiger partial charge in [0.05, 0.1) is 35.9 Å². The topological polar surface area (TPSA) is 80.1 Å². The van der Waals surface area contributed by atoms with E-state index in [0.717, 1.165) is 11.9 Å². The van der Waals surface area contributed by atoms with Gasteiger partial charge < -0.3 is 14.8 Å². The van der Waals surface area contributed by atoms with Crippen molar-refractivity contribution < 1.29 is 14.0 Å². The Bertz CT molecular complexity index is 1060. The molecule has 0 saturated heterocycles. The number of aromatic nitrogens is 3. The lowest BCUT2D eigenvalue weighted by Crippen LogP contribution is -2.44. The fourth-order valence-corrected chi connectivity index (χ4v) is 3.62. The zero-order valence-corrected chi connectivity index (χ0v) is 14.9. The predicted molar refractivity (Wildman–Crippen MR) is 97.6 cm³/mol. The number of halogens is 1. The van der Waals surface area contributed by atoms with Crippen LogP contribution in [0.4, 0.5) is 10.1 Å². The maximum absolute atomic E-state index is 13.4. The minimum atomic E-state index is -0.533. The molecule has 1 aliphatic heterocycles. The Hall–Kier alpha value is -3.29. The van der Waals surface area contributed by atoms with Crippen LogP contribution in [-0.4, -0.2) is 37.3 Å². The molecule has 0 radical (unpaired) electrons. The van der Waals surface area contributed by atoms with Gasteiger partial charge in [0.25, 0.3) is 5.91 Å². The fourth-order valence-electron chi connectivity index (χ4n) is 3.62. The van der Waals surface area contributed by atoms with Crippen LogP contribution in [0.3, 0.4) is 0 Å². The molecular weight excluding hydrogens is 349 g/mol. The van der Waals surface area contributed by atoms with E-state index < -0.39 is 5.82 Å². The summed E-state index contributed by atoms with van der Waals surface area (Å²) < 4.78 is 15.4. The van der Waals surface area contributed by atoms with Crippen LogP contribution in [-0.2, 0) is 17.9 Å². The molecular formula is C19H18FN5O2. The molecule has 0 aliphatic carbocycles. The lowest BCUT2D eigenvalue weighted by atomic mass is 10.1. The normalized spacial score (nSPS) is 16.3. The number of anilines is 1. The highest BCUT2D eigenvalue weighted by Gasteiger charge is 2.32. The van der Waals surface area contributed by atoms with Crippen molar-refractivity contribution in [3.8, 4) is 0 Å². The highest BCUT2D eigenvalue weighted by atomic mass is 19.1. The van der Waals surface area contributed by atoms with Crippen LogP contribution < -0.4 is 5.32 Å². The summed E-state index contributed by atoms with van der Waals surface area (Å²) in [6.45, 7) is 4.36. The van der Waals surface area contributed by atoms with E-state index >= 15 is 0 Å². The second kappa shape index (κ2) is 6.46. The van der Waals surface area contributed by atoms with Gasteiger partial charge in [-0.25, -0.2) is 9.37 Å². The summed E-state index contributed by atoms with van der Waals surface area (Å²) in [6.07, 6.45) is 4.13. The molecule has 1 aliphatic rings. The third kappa shape index (κ3) is 2.92. The largest absolute Gasteiger partial charge is 0.333 e. The Balaban J connectivity index is 1.82. The summed E-state index contributed by atoms with van der Waals surface area (Å²) >= 11 is 0. The van der Waals surface area contributed by atoms with Crippen LogP contribution in [0.15, 0.2) is 36.8 Å². The van der Waals surface area contributed by atoms with Crippen LogP contribution in [0.25, 0.3) is 11.0 Å². The van der Waals surface area contributed by atoms with Gasteiger partial charge in [-0.15, -0.1) is 0 Å². The van der Waals surface area contributed by atoms with Crippen molar-refractivity contribution in [1.29, 1.82) is 0 Å². The van der Waals surface area contributed by atoms with E-state index in [0.29, 0.717) is 29.7 Å². The Morgan fingerprint density at radius 2 is 2.15 bits per heavy atom. The van der Waals surface area contributed by atoms with Gasteiger partial charge in [0.1, 0.15) is 11.5 Å². The zero-order valence-electron chi connectivity index (χ0n) is 14.9. The van der Waals surface area contributed by atoms with Crippen LogP contribution in [0.5, 0.6) is 0 Å².